The Morgan fingerprint density at radius 3 is 2.92 bits per heavy atom. The summed E-state index contributed by atoms with van der Waals surface area (Å²) in [5.74, 6) is 1.34. The summed E-state index contributed by atoms with van der Waals surface area (Å²) in [6.07, 6.45) is 7.36. The van der Waals surface area contributed by atoms with Crippen molar-refractivity contribution in [2.24, 2.45) is 12.0 Å². The minimum absolute atomic E-state index is 0. The zero-order valence-corrected chi connectivity index (χ0v) is 17.7. The van der Waals surface area contributed by atoms with Crippen molar-refractivity contribution in [3.63, 3.8) is 0 Å². The molecule has 8 heteroatoms. The van der Waals surface area contributed by atoms with Crippen molar-refractivity contribution in [1.82, 2.24) is 20.0 Å². The Morgan fingerprint density at radius 2 is 2.28 bits per heavy atom. The van der Waals surface area contributed by atoms with Crippen molar-refractivity contribution in [1.29, 1.82) is 0 Å². The van der Waals surface area contributed by atoms with Crippen LogP contribution in [0.5, 0.6) is 0 Å². The Labute approximate surface area is 167 Å². The second kappa shape index (κ2) is 11.3. The van der Waals surface area contributed by atoms with Crippen LogP contribution in [0.25, 0.3) is 0 Å². The van der Waals surface area contributed by atoms with E-state index in [-0.39, 0.29) is 29.9 Å². The van der Waals surface area contributed by atoms with E-state index >= 15 is 0 Å². The van der Waals surface area contributed by atoms with E-state index in [1.54, 1.807) is 0 Å². The summed E-state index contributed by atoms with van der Waals surface area (Å²) in [4.78, 5) is 18.1. The van der Waals surface area contributed by atoms with Gasteiger partial charge < -0.3 is 15.0 Å². The lowest BCUT2D eigenvalue weighted by atomic mass is 10.0. The molecule has 0 saturated carbocycles. The molecule has 1 aliphatic rings. The van der Waals surface area contributed by atoms with Crippen LogP contribution in [0.15, 0.2) is 17.4 Å². The summed E-state index contributed by atoms with van der Waals surface area (Å²) in [6.45, 7) is 5.65. The van der Waals surface area contributed by atoms with Gasteiger partial charge in [-0.3, -0.25) is 14.5 Å². The predicted octanol–water partition coefficient (Wildman–Crippen LogP) is 2.14. The second-order valence-corrected chi connectivity index (χ2v) is 6.15. The maximum Gasteiger partial charge on any atom is 0.305 e. The summed E-state index contributed by atoms with van der Waals surface area (Å²) in [5, 5.41) is 7.65. The number of rotatable bonds is 7. The molecule has 0 radical (unpaired) electrons. The van der Waals surface area contributed by atoms with Gasteiger partial charge in [-0.1, -0.05) is 0 Å². The Hall–Kier alpha value is -1.32. The Balaban J connectivity index is 0.00000312. The molecule has 1 aromatic rings. The number of carbonyl (C=O) groups is 1. The van der Waals surface area contributed by atoms with Gasteiger partial charge in [0.2, 0.25) is 0 Å². The number of halogens is 1. The van der Waals surface area contributed by atoms with Gasteiger partial charge in [0.1, 0.15) is 0 Å². The number of ether oxygens (including phenoxy) is 1. The van der Waals surface area contributed by atoms with Crippen molar-refractivity contribution >= 4 is 35.9 Å². The maximum absolute atomic E-state index is 11.1. The number of nitrogens with one attached hydrogen (secondary N) is 1. The fraction of sp³-hybridized carbons (Fsp3) is 0.706. The average Bonchev–Trinajstić information content (AvgIpc) is 3.22. The lowest BCUT2D eigenvalue weighted by Gasteiger charge is -2.21. The van der Waals surface area contributed by atoms with Crippen LogP contribution in [-0.2, 0) is 16.6 Å². The van der Waals surface area contributed by atoms with E-state index in [2.05, 4.69) is 33.2 Å². The monoisotopic (exact) mass is 463 g/mol. The molecule has 1 N–H and O–H groups in total. The number of aryl methyl sites for hydroxylation is 1. The summed E-state index contributed by atoms with van der Waals surface area (Å²) >= 11 is 0. The smallest absolute Gasteiger partial charge is 0.305 e. The number of aromatic nitrogens is 2. The van der Waals surface area contributed by atoms with Gasteiger partial charge in [0.05, 0.1) is 13.3 Å². The molecule has 0 spiro atoms. The molecule has 25 heavy (non-hydrogen) atoms. The number of guanidine groups is 1. The quantitative estimate of drug-likeness (QED) is 0.221. The molecule has 0 aliphatic carbocycles. The molecule has 1 aromatic heterocycles. The number of unbranched alkanes of at least 4 members (excludes halogenated alkanes) is 1. The normalized spacial score (nSPS) is 17.3. The Morgan fingerprint density at radius 1 is 1.48 bits per heavy atom. The van der Waals surface area contributed by atoms with Crippen LogP contribution >= 0.6 is 24.0 Å². The van der Waals surface area contributed by atoms with E-state index in [1.807, 2.05) is 17.9 Å². The highest BCUT2D eigenvalue weighted by molar-refractivity contribution is 14.0. The minimum atomic E-state index is -0.148. The number of carbonyl (C=O) groups excluding carboxylic acids is 1. The summed E-state index contributed by atoms with van der Waals surface area (Å²) in [7, 11) is 3.38. The molecule has 0 amide bonds. The highest BCUT2D eigenvalue weighted by Gasteiger charge is 2.26. The van der Waals surface area contributed by atoms with Crippen LogP contribution in [0, 0.1) is 0 Å². The SMILES string of the molecule is CCNC(=NCCCCC(=O)OC)N1CCC(c2cnn(C)c2)C1.I. The summed E-state index contributed by atoms with van der Waals surface area (Å²) in [5.41, 5.74) is 1.30. The topological polar surface area (TPSA) is 71.8 Å². The molecule has 1 fully saturated rings. The van der Waals surface area contributed by atoms with E-state index in [4.69, 9.17) is 4.99 Å². The van der Waals surface area contributed by atoms with Crippen LogP contribution in [-0.4, -0.2) is 59.9 Å². The van der Waals surface area contributed by atoms with Gasteiger partial charge in [0.15, 0.2) is 5.96 Å². The molecule has 1 atom stereocenters. The molecule has 1 saturated heterocycles. The summed E-state index contributed by atoms with van der Waals surface area (Å²) in [6, 6.07) is 0. The lowest BCUT2D eigenvalue weighted by Crippen LogP contribution is -2.40. The van der Waals surface area contributed by atoms with Crippen LogP contribution in [0.3, 0.4) is 0 Å². The molecule has 2 heterocycles. The first-order valence-electron chi connectivity index (χ1n) is 8.72. The van der Waals surface area contributed by atoms with Crippen molar-refractivity contribution in [2.45, 2.75) is 38.5 Å². The van der Waals surface area contributed by atoms with Crippen molar-refractivity contribution in [2.75, 3.05) is 33.3 Å². The van der Waals surface area contributed by atoms with E-state index < -0.39 is 0 Å². The number of hydrogen-bond donors (Lipinski definition) is 1. The van der Waals surface area contributed by atoms with Crippen LogP contribution in [0.2, 0.25) is 0 Å². The number of nitrogens with zero attached hydrogens (tertiary/aromatic N) is 4. The van der Waals surface area contributed by atoms with Crippen LogP contribution < -0.4 is 5.32 Å². The Bertz CT molecular complexity index is 561. The average molecular weight is 463 g/mol. The second-order valence-electron chi connectivity index (χ2n) is 6.15. The molecule has 2 rings (SSSR count). The van der Waals surface area contributed by atoms with Crippen molar-refractivity contribution < 1.29 is 9.53 Å². The van der Waals surface area contributed by atoms with E-state index in [0.717, 1.165) is 51.4 Å². The molecule has 142 valence electrons. The third-order valence-electron chi connectivity index (χ3n) is 4.30. The highest BCUT2D eigenvalue weighted by atomic mass is 127. The van der Waals surface area contributed by atoms with E-state index in [0.29, 0.717) is 12.3 Å². The van der Waals surface area contributed by atoms with Crippen LogP contribution in [0.4, 0.5) is 0 Å². The van der Waals surface area contributed by atoms with E-state index in [1.165, 1.54) is 12.7 Å². The van der Waals surface area contributed by atoms with Gasteiger partial charge in [-0.2, -0.15) is 5.10 Å². The third-order valence-corrected chi connectivity index (χ3v) is 4.30. The fourth-order valence-electron chi connectivity index (χ4n) is 2.97. The highest BCUT2D eigenvalue weighted by Crippen LogP contribution is 2.26. The van der Waals surface area contributed by atoms with Crippen molar-refractivity contribution in [3.8, 4) is 0 Å². The number of hydrogen-bond acceptors (Lipinski definition) is 4. The first kappa shape index (κ1) is 21.7. The van der Waals surface area contributed by atoms with E-state index in [9.17, 15) is 4.79 Å². The van der Waals surface area contributed by atoms with Crippen LogP contribution in [0.1, 0.15) is 44.1 Å². The van der Waals surface area contributed by atoms with Gasteiger partial charge in [-0.25, -0.2) is 0 Å². The standard InChI is InChI=1S/C17H29N5O2.HI/c1-4-18-17(19-9-6-5-7-16(23)24-3)22-10-8-14(13-22)15-11-20-21(2)12-15;/h11-12,14H,4-10,13H2,1-3H3,(H,18,19);1H. The molecular weight excluding hydrogens is 433 g/mol. The number of likely N-dealkylation sites (tertiary alicyclic amines) is 1. The number of methoxy groups -OCH3 is 1. The Kier molecular flexibility index (Phi) is 9.84. The number of esters is 1. The predicted molar refractivity (Wildman–Crippen MR) is 109 cm³/mol. The van der Waals surface area contributed by atoms with Gasteiger partial charge in [-0.15, -0.1) is 24.0 Å². The molecule has 0 aromatic carbocycles. The van der Waals surface area contributed by atoms with Gasteiger partial charge in [0, 0.05) is 51.8 Å². The molecule has 1 aliphatic heterocycles. The zero-order chi connectivity index (χ0) is 17.4. The molecule has 7 nitrogen and oxygen atoms in total. The zero-order valence-electron chi connectivity index (χ0n) is 15.4. The first-order chi connectivity index (χ1) is 11.6. The molecule has 1 unspecified atom stereocenters. The minimum Gasteiger partial charge on any atom is -0.469 e. The van der Waals surface area contributed by atoms with Gasteiger partial charge in [0.25, 0.3) is 0 Å². The maximum atomic E-state index is 11.1. The molecular formula is C17H30IN5O2. The van der Waals surface area contributed by atoms with Crippen molar-refractivity contribution in [3.05, 3.63) is 18.0 Å². The number of aliphatic imine (C=N–C) groups is 1. The lowest BCUT2D eigenvalue weighted by molar-refractivity contribution is -0.140. The molecule has 0 bridgehead atoms. The fourth-order valence-corrected chi connectivity index (χ4v) is 2.97. The van der Waals surface area contributed by atoms with Gasteiger partial charge >= 0.3 is 5.97 Å². The largest absolute Gasteiger partial charge is 0.469 e. The summed E-state index contributed by atoms with van der Waals surface area (Å²) < 4.78 is 6.51. The van der Waals surface area contributed by atoms with Gasteiger partial charge in [-0.05, 0) is 31.7 Å². The first-order valence-corrected chi connectivity index (χ1v) is 8.72. The third kappa shape index (κ3) is 6.83.